The van der Waals surface area contributed by atoms with E-state index in [0.717, 1.165) is 36.3 Å². The van der Waals surface area contributed by atoms with Crippen LogP contribution in [0.2, 0.25) is 0 Å². The molecule has 3 nitrogen and oxygen atoms in total. The molecule has 0 radical (unpaired) electrons. The molecule has 1 aliphatic carbocycles. The van der Waals surface area contributed by atoms with Gasteiger partial charge in [0.1, 0.15) is 17.6 Å². The van der Waals surface area contributed by atoms with Gasteiger partial charge >= 0.3 is 0 Å². The smallest absolute Gasteiger partial charge is 0.120 e. The molecule has 146 valence electrons. The molecule has 0 spiro atoms. The van der Waals surface area contributed by atoms with Gasteiger partial charge in [-0.25, -0.2) is 0 Å². The Morgan fingerprint density at radius 2 is 1.78 bits per heavy atom. The first kappa shape index (κ1) is 19.6. The lowest BCUT2D eigenvalue weighted by Gasteiger charge is -2.21. The van der Waals surface area contributed by atoms with E-state index in [9.17, 15) is 0 Å². The van der Waals surface area contributed by atoms with Crippen molar-refractivity contribution in [1.29, 1.82) is 0 Å². The van der Waals surface area contributed by atoms with Crippen LogP contribution in [0.1, 0.15) is 51.0 Å². The average molecular weight is 368 g/mol. The van der Waals surface area contributed by atoms with Gasteiger partial charge in [-0.15, -0.1) is 0 Å². The Hall–Kier alpha value is -2.16. The van der Waals surface area contributed by atoms with E-state index in [1.807, 2.05) is 12.1 Å². The van der Waals surface area contributed by atoms with Crippen LogP contribution in [0.3, 0.4) is 0 Å². The summed E-state index contributed by atoms with van der Waals surface area (Å²) in [6.45, 7) is 5.75. The third-order valence-electron chi connectivity index (χ3n) is 5.29. The number of hydrogen-bond acceptors (Lipinski definition) is 3. The minimum atomic E-state index is 0.0956. The normalized spacial score (nSPS) is 15.9. The van der Waals surface area contributed by atoms with Crippen molar-refractivity contribution in [3.05, 3.63) is 54.1 Å². The summed E-state index contributed by atoms with van der Waals surface area (Å²) >= 11 is 0. The van der Waals surface area contributed by atoms with Gasteiger partial charge in [0, 0.05) is 5.69 Å². The van der Waals surface area contributed by atoms with Crippen molar-refractivity contribution in [2.75, 3.05) is 18.5 Å². The fourth-order valence-corrected chi connectivity index (χ4v) is 3.71. The van der Waals surface area contributed by atoms with E-state index in [1.54, 1.807) is 0 Å². The van der Waals surface area contributed by atoms with E-state index in [2.05, 4.69) is 55.6 Å². The molecule has 1 atom stereocenters. The van der Waals surface area contributed by atoms with Gasteiger partial charge in [-0.3, -0.25) is 0 Å². The molecule has 2 aromatic rings. The third-order valence-corrected chi connectivity index (χ3v) is 5.29. The van der Waals surface area contributed by atoms with Crippen LogP contribution in [0.5, 0.6) is 11.5 Å². The van der Waals surface area contributed by atoms with Gasteiger partial charge in [0.15, 0.2) is 0 Å². The van der Waals surface area contributed by atoms with Gasteiger partial charge in [-0.2, -0.15) is 0 Å². The molecular formula is C24H33NO2. The molecule has 1 saturated carbocycles. The lowest BCUT2D eigenvalue weighted by Crippen LogP contribution is -2.22. The van der Waals surface area contributed by atoms with Gasteiger partial charge < -0.3 is 14.8 Å². The van der Waals surface area contributed by atoms with Crippen LogP contribution in [0.25, 0.3) is 0 Å². The van der Waals surface area contributed by atoms with Crippen molar-refractivity contribution in [3.8, 4) is 11.5 Å². The zero-order valence-electron chi connectivity index (χ0n) is 16.7. The molecular weight excluding hydrogens is 334 g/mol. The summed E-state index contributed by atoms with van der Waals surface area (Å²) in [6.07, 6.45) is 8.27. The Kier molecular flexibility index (Phi) is 7.44. The van der Waals surface area contributed by atoms with Crippen molar-refractivity contribution < 1.29 is 9.47 Å². The maximum Gasteiger partial charge on any atom is 0.120 e. The summed E-state index contributed by atoms with van der Waals surface area (Å²) < 4.78 is 11.9. The largest absolute Gasteiger partial charge is 0.494 e. The van der Waals surface area contributed by atoms with Crippen LogP contribution in [0, 0.1) is 12.8 Å². The van der Waals surface area contributed by atoms with Crippen molar-refractivity contribution in [3.63, 3.8) is 0 Å². The molecule has 2 aromatic carbocycles. The van der Waals surface area contributed by atoms with Crippen LogP contribution in [-0.4, -0.2) is 19.3 Å². The minimum absolute atomic E-state index is 0.0956. The maximum absolute atomic E-state index is 5.96. The first-order valence-electron chi connectivity index (χ1n) is 10.4. The first-order chi connectivity index (χ1) is 13.2. The number of nitrogens with one attached hydrogen (secondary N) is 1. The Morgan fingerprint density at radius 3 is 2.52 bits per heavy atom. The molecule has 0 aliphatic heterocycles. The van der Waals surface area contributed by atoms with Gasteiger partial charge in [-0.05, 0) is 68.1 Å². The minimum Gasteiger partial charge on any atom is -0.494 e. The van der Waals surface area contributed by atoms with E-state index >= 15 is 0 Å². The predicted molar refractivity (Wildman–Crippen MR) is 113 cm³/mol. The Bertz CT molecular complexity index is 677. The van der Waals surface area contributed by atoms with Crippen molar-refractivity contribution in [2.45, 2.75) is 58.5 Å². The standard InChI is InChI=1S/C24H33NO2/c1-19-7-6-10-24(17-19)27-20(2)18-25-22-11-13-23(14-12-22)26-16-15-21-8-4-3-5-9-21/h6-7,10-14,17,20-21,25H,3-5,8-9,15-16,18H2,1-2H3. The monoisotopic (exact) mass is 367 g/mol. The molecule has 0 aromatic heterocycles. The Balaban J connectivity index is 1.37. The molecule has 0 amide bonds. The molecule has 3 heteroatoms. The van der Waals surface area contributed by atoms with Crippen molar-refractivity contribution in [2.24, 2.45) is 5.92 Å². The van der Waals surface area contributed by atoms with Crippen LogP contribution in [0.15, 0.2) is 48.5 Å². The number of hydrogen-bond donors (Lipinski definition) is 1. The molecule has 1 fully saturated rings. The van der Waals surface area contributed by atoms with E-state index in [-0.39, 0.29) is 6.10 Å². The quantitative estimate of drug-likeness (QED) is 0.570. The number of anilines is 1. The summed E-state index contributed by atoms with van der Waals surface area (Å²) in [4.78, 5) is 0. The molecule has 1 N–H and O–H groups in total. The summed E-state index contributed by atoms with van der Waals surface area (Å²) in [6, 6.07) is 16.4. The van der Waals surface area contributed by atoms with E-state index in [0.29, 0.717) is 0 Å². The Morgan fingerprint density at radius 1 is 1.00 bits per heavy atom. The molecule has 3 rings (SSSR count). The maximum atomic E-state index is 5.96. The highest BCUT2D eigenvalue weighted by molar-refractivity contribution is 5.46. The second-order valence-corrected chi connectivity index (χ2v) is 7.79. The summed E-state index contributed by atoms with van der Waals surface area (Å²) in [5.74, 6) is 2.75. The van der Waals surface area contributed by atoms with Crippen molar-refractivity contribution in [1.82, 2.24) is 0 Å². The molecule has 27 heavy (non-hydrogen) atoms. The number of benzene rings is 2. The van der Waals surface area contributed by atoms with Crippen LogP contribution < -0.4 is 14.8 Å². The SMILES string of the molecule is Cc1cccc(OC(C)CNc2ccc(OCCC3CCCCC3)cc2)c1. The second kappa shape index (κ2) is 10.2. The highest BCUT2D eigenvalue weighted by Crippen LogP contribution is 2.26. The third kappa shape index (κ3) is 6.82. The van der Waals surface area contributed by atoms with Crippen LogP contribution in [0.4, 0.5) is 5.69 Å². The van der Waals surface area contributed by atoms with Crippen molar-refractivity contribution >= 4 is 5.69 Å². The molecule has 0 saturated heterocycles. The van der Waals surface area contributed by atoms with Gasteiger partial charge in [0.25, 0.3) is 0 Å². The first-order valence-corrected chi connectivity index (χ1v) is 10.4. The zero-order chi connectivity index (χ0) is 18.9. The van der Waals surface area contributed by atoms with Gasteiger partial charge in [0.05, 0.1) is 13.2 Å². The number of rotatable bonds is 9. The predicted octanol–water partition coefficient (Wildman–Crippen LogP) is 6.22. The van der Waals surface area contributed by atoms with Gasteiger partial charge in [0.2, 0.25) is 0 Å². The topological polar surface area (TPSA) is 30.5 Å². The number of aryl methyl sites for hydroxylation is 1. The highest BCUT2D eigenvalue weighted by atomic mass is 16.5. The average Bonchev–Trinajstić information content (AvgIpc) is 2.68. The summed E-state index contributed by atoms with van der Waals surface area (Å²) in [5.41, 5.74) is 2.31. The van der Waals surface area contributed by atoms with E-state index < -0.39 is 0 Å². The summed E-state index contributed by atoms with van der Waals surface area (Å²) in [5, 5.41) is 3.43. The fourth-order valence-electron chi connectivity index (χ4n) is 3.71. The van der Waals surface area contributed by atoms with Crippen LogP contribution in [-0.2, 0) is 0 Å². The summed E-state index contributed by atoms with van der Waals surface area (Å²) in [7, 11) is 0. The van der Waals surface area contributed by atoms with Crippen LogP contribution >= 0.6 is 0 Å². The zero-order valence-corrected chi connectivity index (χ0v) is 16.7. The lowest BCUT2D eigenvalue weighted by atomic mass is 9.87. The van der Waals surface area contributed by atoms with Gasteiger partial charge in [-0.1, -0.05) is 44.2 Å². The lowest BCUT2D eigenvalue weighted by molar-refractivity contribution is 0.234. The van der Waals surface area contributed by atoms with E-state index in [1.165, 1.54) is 44.1 Å². The van der Waals surface area contributed by atoms with E-state index in [4.69, 9.17) is 9.47 Å². The molecule has 1 unspecified atom stereocenters. The second-order valence-electron chi connectivity index (χ2n) is 7.79. The fraction of sp³-hybridized carbons (Fsp3) is 0.500. The Labute approximate surface area is 164 Å². The molecule has 0 bridgehead atoms. The highest BCUT2D eigenvalue weighted by Gasteiger charge is 2.13. The molecule has 1 aliphatic rings. The molecule has 0 heterocycles. The number of ether oxygens (including phenoxy) is 2.